The number of aromatic amines is 1. The fourth-order valence-corrected chi connectivity index (χ4v) is 4.14. The fraction of sp³-hybridized carbons (Fsp3) is 0.478. The summed E-state index contributed by atoms with van der Waals surface area (Å²) in [6.07, 6.45) is 6.79. The zero-order valence-electron chi connectivity index (χ0n) is 16.9. The van der Waals surface area contributed by atoms with Crippen LogP contribution in [0.1, 0.15) is 72.2 Å². The standard InChI is InChI=1S/C23H28N2O4/c1-2-6-18(16-9-10-20-21(14-16)29-12-11-28-20)24-22(26)17-13-15-7-4-3-5-8-19(15)25-23(17)27/h9-10,13-14,18H,2-8,11-12H2,1H3,(H,24,26)(H,25,27). The van der Waals surface area contributed by atoms with E-state index in [-0.39, 0.29) is 23.1 Å². The summed E-state index contributed by atoms with van der Waals surface area (Å²) in [4.78, 5) is 28.5. The third kappa shape index (κ3) is 4.31. The molecule has 0 saturated carbocycles. The van der Waals surface area contributed by atoms with Gasteiger partial charge in [-0.1, -0.05) is 25.8 Å². The lowest BCUT2D eigenvalue weighted by molar-refractivity contribution is 0.0932. The van der Waals surface area contributed by atoms with Crippen molar-refractivity contribution in [3.05, 3.63) is 57.0 Å². The van der Waals surface area contributed by atoms with Gasteiger partial charge in [0, 0.05) is 5.69 Å². The monoisotopic (exact) mass is 396 g/mol. The average Bonchev–Trinajstić information content (AvgIpc) is 2.97. The van der Waals surface area contributed by atoms with E-state index in [1.165, 1.54) is 0 Å². The first-order valence-electron chi connectivity index (χ1n) is 10.6. The van der Waals surface area contributed by atoms with Crippen molar-refractivity contribution in [2.24, 2.45) is 0 Å². The van der Waals surface area contributed by atoms with Crippen LogP contribution in [0.3, 0.4) is 0 Å². The quantitative estimate of drug-likeness (QED) is 0.756. The summed E-state index contributed by atoms with van der Waals surface area (Å²) >= 11 is 0. The minimum Gasteiger partial charge on any atom is -0.486 e. The summed E-state index contributed by atoms with van der Waals surface area (Å²) < 4.78 is 11.3. The minimum absolute atomic E-state index is 0.193. The van der Waals surface area contributed by atoms with E-state index in [0.717, 1.165) is 67.5 Å². The molecule has 0 spiro atoms. The largest absolute Gasteiger partial charge is 0.486 e. The highest BCUT2D eigenvalue weighted by Crippen LogP contribution is 2.33. The van der Waals surface area contributed by atoms with E-state index in [4.69, 9.17) is 9.47 Å². The molecule has 6 heteroatoms. The summed E-state index contributed by atoms with van der Waals surface area (Å²) in [6, 6.07) is 7.36. The van der Waals surface area contributed by atoms with E-state index in [1.54, 1.807) is 6.07 Å². The van der Waals surface area contributed by atoms with Gasteiger partial charge >= 0.3 is 0 Å². The zero-order valence-corrected chi connectivity index (χ0v) is 16.9. The Morgan fingerprint density at radius 3 is 2.72 bits per heavy atom. The molecule has 154 valence electrons. The van der Waals surface area contributed by atoms with Gasteiger partial charge in [0.25, 0.3) is 11.5 Å². The van der Waals surface area contributed by atoms with Crippen LogP contribution in [0.5, 0.6) is 11.5 Å². The van der Waals surface area contributed by atoms with Crippen molar-refractivity contribution in [2.75, 3.05) is 13.2 Å². The molecule has 1 aliphatic heterocycles. The maximum atomic E-state index is 13.0. The van der Waals surface area contributed by atoms with Gasteiger partial charge in [-0.25, -0.2) is 0 Å². The Morgan fingerprint density at radius 2 is 1.90 bits per heavy atom. The first-order valence-corrected chi connectivity index (χ1v) is 10.6. The third-order valence-corrected chi connectivity index (χ3v) is 5.68. The molecule has 2 N–H and O–H groups in total. The second-order valence-electron chi connectivity index (χ2n) is 7.79. The molecule has 1 unspecified atom stereocenters. The van der Waals surface area contributed by atoms with Gasteiger partial charge in [-0.2, -0.15) is 0 Å². The summed E-state index contributed by atoms with van der Waals surface area (Å²) in [5, 5.41) is 3.07. The molecule has 2 heterocycles. The number of benzene rings is 1. The summed E-state index contributed by atoms with van der Waals surface area (Å²) in [5.74, 6) is 1.10. The lowest BCUT2D eigenvalue weighted by atomic mass is 10.0. The Hall–Kier alpha value is -2.76. The van der Waals surface area contributed by atoms with E-state index in [1.807, 2.05) is 18.2 Å². The number of hydrogen-bond donors (Lipinski definition) is 2. The predicted molar refractivity (Wildman–Crippen MR) is 111 cm³/mol. The number of H-pyrrole nitrogens is 1. The number of ether oxygens (including phenoxy) is 2. The molecule has 6 nitrogen and oxygen atoms in total. The molecule has 1 aromatic carbocycles. The van der Waals surface area contributed by atoms with Crippen molar-refractivity contribution >= 4 is 5.91 Å². The van der Waals surface area contributed by atoms with E-state index < -0.39 is 0 Å². The molecule has 0 radical (unpaired) electrons. The van der Waals surface area contributed by atoms with Gasteiger partial charge in [0.1, 0.15) is 18.8 Å². The number of pyridine rings is 1. The van der Waals surface area contributed by atoms with Crippen LogP contribution in [0.25, 0.3) is 0 Å². The van der Waals surface area contributed by atoms with Crippen LogP contribution in [0, 0.1) is 0 Å². The van der Waals surface area contributed by atoms with Crippen LogP contribution in [-0.4, -0.2) is 24.1 Å². The first kappa shape index (κ1) is 19.6. The molecule has 1 atom stereocenters. The summed E-state index contributed by atoms with van der Waals surface area (Å²) in [7, 11) is 0. The number of hydrogen-bond acceptors (Lipinski definition) is 4. The van der Waals surface area contributed by atoms with E-state index >= 15 is 0 Å². The average molecular weight is 396 g/mol. The third-order valence-electron chi connectivity index (χ3n) is 5.68. The molecule has 1 aromatic heterocycles. The van der Waals surface area contributed by atoms with Crippen molar-refractivity contribution in [3.8, 4) is 11.5 Å². The Morgan fingerprint density at radius 1 is 1.10 bits per heavy atom. The Balaban J connectivity index is 1.58. The van der Waals surface area contributed by atoms with Gasteiger partial charge < -0.3 is 19.8 Å². The molecule has 4 rings (SSSR count). The van der Waals surface area contributed by atoms with Crippen LogP contribution in [0.4, 0.5) is 0 Å². The van der Waals surface area contributed by atoms with E-state index in [2.05, 4.69) is 17.2 Å². The summed E-state index contributed by atoms with van der Waals surface area (Å²) in [6.45, 7) is 3.14. The second kappa shape index (κ2) is 8.72. The Bertz CT molecular complexity index is 950. The molecule has 1 amide bonds. The highest BCUT2D eigenvalue weighted by Gasteiger charge is 2.22. The number of carbonyl (C=O) groups is 1. The zero-order chi connectivity index (χ0) is 20.2. The number of carbonyl (C=O) groups excluding carboxylic acids is 1. The van der Waals surface area contributed by atoms with Crippen molar-refractivity contribution < 1.29 is 14.3 Å². The topological polar surface area (TPSA) is 80.4 Å². The Kier molecular flexibility index (Phi) is 5.88. The van der Waals surface area contributed by atoms with Crippen molar-refractivity contribution in [1.29, 1.82) is 0 Å². The number of aryl methyl sites for hydroxylation is 2. The molecule has 0 saturated heterocycles. The van der Waals surface area contributed by atoms with E-state index in [9.17, 15) is 9.59 Å². The van der Waals surface area contributed by atoms with Gasteiger partial charge in [0.05, 0.1) is 6.04 Å². The lowest BCUT2D eigenvalue weighted by Gasteiger charge is -2.23. The number of amides is 1. The maximum Gasteiger partial charge on any atom is 0.261 e. The molecule has 0 bridgehead atoms. The van der Waals surface area contributed by atoms with Gasteiger partial charge in [-0.15, -0.1) is 0 Å². The molecule has 2 aromatic rings. The van der Waals surface area contributed by atoms with Crippen LogP contribution in [0.15, 0.2) is 29.1 Å². The van der Waals surface area contributed by atoms with Crippen LogP contribution in [-0.2, 0) is 12.8 Å². The smallest absolute Gasteiger partial charge is 0.261 e. The predicted octanol–water partition coefficient (Wildman–Crippen LogP) is 3.69. The van der Waals surface area contributed by atoms with Crippen molar-refractivity contribution in [3.63, 3.8) is 0 Å². The normalized spacial score (nSPS) is 16.4. The number of nitrogens with one attached hydrogen (secondary N) is 2. The molecule has 29 heavy (non-hydrogen) atoms. The van der Waals surface area contributed by atoms with Crippen LogP contribution >= 0.6 is 0 Å². The van der Waals surface area contributed by atoms with E-state index in [0.29, 0.717) is 19.0 Å². The van der Waals surface area contributed by atoms with Gasteiger partial charge in [0.15, 0.2) is 11.5 Å². The molecular formula is C23H28N2O4. The van der Waals surface area contributed by atoms with Crippen LogP contribution < -0.4 is 20.3 Å². The molecular weight excluding hydrogens is 368 g/mol. The highest BCUT2D eigenvalue weighted by atomic mass is 16.6. The molecule has 2 aliphatic rings. The van der Waals surface area contributed by atoms with Gasteiger partial charge in [-0.3, -0.25) is 9.59 Å². The minimum atomic E-state index is -0.327. The fourth-order valence-electron chi connectivity index (χ4n) is 4.14. The number of aromatic nitrogens is 1. The van der Waals surface area contributed by atoms with Crippen LogP contribution in [0.2, 0.25) is 0 Å². The SMILES string of the molecule is CCCC(NC(=O)c1cc2c([nH]c1=O)CCCCC2)c1ccc2c(c1)OCCO2. The maximum absolute atomic E-state index is 13.0. The molecule has 1 aliphatic carbocycles. The molecule has 0 fully saturated rings. The summed E-state index contributed by atoms with van der Waals surface area (Å²) in [5.41, 5.74) is 2.93. The second-order valence-corrected chi connectivity index (χ2v) is 7.79. The number of rotatable bonds is 5. The van der Waals surface area contributed by atoms with Crippen molar-refractivity contribution in [2.45, 2.75) is 57.9 Å². The van der Waals surface area contributed by atoms with Crippen molar-refractivity contribution in [1.82, 2.24) is 10.3 Å². The van der Waals surface area contributed by atoms with Gasteiger partial charge in [0.2, 0.25) is 0 Å². The Labute approximate surface area is 170 Å². The first-order chi connectivity index (χ1) is 14.2. The number of fused-ring (bicyclic) bond motifs is 2. The lowest BCUT2D eigenvalue weighted by Crippen LogP contribution is -2.33. The highest BCUT2D eigenvalue weighted by molar-refractivity contribution is 5.94. The van der Waals surface area contributed by atoms with Gasteiger partial charge in [-0.05, 0) is 61.4 Å².